The zero-order valence-corrected chi connectivity index (χ0v) is 14.7. The van der Waals surface area contributed by atoms with Crippen LogP contribution in [0.5, 0.6) is 0 Å². The molecule has 0 radical (unpaired) electrons. The van der Waals surface area contributed by atoms with Crippen molar-refractivity contribution in [1.82, 2.24) is 0 Å². The predicted molar refractivity (Wildman–Crippen MR) is 90.1 cm³/mol. The van der Waals surface area contributed by atoms with Crippen molar-refractivity contribution in [1.29, 1.82) is 0 Å². The van der Waals surface area contributed by atoms with Crippen LogP contribution < -0.4 is 0 Å². The lowest BCUT2D eigenvalue weighted by Crippen LogP contribution is -2.61. The van der Waals surface area contributed by atoms with Gasteiger partial charge in [-0.25, -0.2) is 0 Å². The molecule has 4 saturated heterocycles. The van der Waals surface area contributed by atoms with E-state index in [9.17, 15) is 0 Å². The average Bonchev–Trinajstić information content (AvgIpc) is 2.48. The number of rotatable bonds is 6. The summed E-state index contributed by atoms with van der Waals surface area (Å²) < 4.78 is 2.86. The lowest BCUT2D eigenvalue weighted by molar-refractivity contribution is -0.947. The number of unbranched alkanes of at least 4 members (excludes halogenated alkanes) is 2. The molecule has 0 amide bonds. The Kier molecular flexibility index (Phi) is 4.95. The van der Waals surface area contributed by atoms with Gasteiger partial charge in [0.1, 0.15) is 0 Å². The van der Waals surface area contributed by atoms with E-state index >= 15 is 0 Å². The van der Waals surface area contributed by atoms with Crippen molar-refractivity contribution in [3.8, 4) is 0 Å². The van der Waals surface area contributed by atoms with Gasteiger partial charge in [-0.3, -0.25) is 0 Å². The van der Waals surface area contributed by atoms with Crippen molar-refractivity contribution in [3.05, 3.63) is 0 Å². The number of hydrogen-bond acceptors (Lipinski definition) is 0. The molecule has 0 aromatic heterocycles. The first-order valence-electron chi connectivity index (χ1n) is 9.80. The minimum atomic E-state index is 1.00. The fraction of sp³-hybridized carbons (Fsp3) is 1.00. The van der Waals surface area contributed by atoms with Crippen LogP contribution in [0.2, 0.25) is 0 Å². The quantitative estimate of drug-likeness (QED) is 0.518. The van der Waals surface area contributed by atoms with Crippen LogP contribution in [0, 0.1) is 11.8 Å². The Morgan fingerprint density at radius 3 is 2.14 bits per heavy atom. The van der Waals surface area contributed by atoms with E-state index in [1.165, 1.54) is 106 Å². The Morgan fingerprint density at radius 1 is 0.810 bits per heavy atom. The van der Waals surface area contributed by atoms with Crippen molar-refractivity contribution in [3.63, 3.8) is 0 Å². The van der Waals surface area contributed by atoms with E-state index in [4.69, 9.17) is 0 Å². The summed E-state index contributed by atoms with van der Waals surface area (Å²) in [5, 5.41) is 0. The van der Waals surface area contributed by atoms with Crippen LogP contribution in [0.1, 0.15) is 58.3 Å². The molecule has 2 heteroatoms. The second-order valence-corrected chi connectivity index (χ2v) is 8.92. The van der Waals surface area contributed by atoms with E-state index in [1.54, 1.807) is 0 Å². The highest BCUT2D eigenvalue weighted by atomic mass is 15.4. The van der Waals surface area contributed by atoms with Gasteiger partial charge in [0.25, 0.3) is 0 Å². The minimum Gasteiger partial charge on any atom is -0.326 e. The highest BCUT2D eigenvalue weighted by molar-refractivity contribution is 4.77. The summed E-state index contributed by atoms with van der Waals surface area (Å²) in [6.45, 7) is 12.8. The Morgan fingerprint density at radius 2 is 1.48 bits per heavy atom. The molecule has 0 spiro atoms. The summed E-state index contributed by atoms with van der Waals surface area (Å²) in [5.41, 5.74) is 0. The second kappa shape index (κ2) is 6.58. The van der Waals surface area contributed by atoms with Gasteiger partial charge in [0.2, 0.25) is 0 Å². The highest BCUT2D eigenvalue weighted by Gasteiger charge is 2.43. The molecular weight excluding hydrogens is 256 g/mol. The predicted octanol–water partition coefficient (Wildman–Crippen LogP) is 3.66. The van der Waals surface area contributed by atoms with Crippen molar-refractivity contribution < 1.29 is 8.97 Å². The maximum Gasteiger partial charge on any atom is 0.0815 e. The van der Waals surface area contributed by atoms with Crippen molar-refractivity contribution in [2.24, 2.45) is 11.8 Å². The van der Waals surface area contributed by atoms with Gasteiger partial charge in [0.05, 0.1) is 52.9 Å². The maximum atomic E-state index is 2.51. The largest absolute Gasteiger partial charge is 0.326 e. The number of piperidine rings is 4. The molecule has 1 atom stereocenters. The molecule has 0 aliphatic carbocycles. The van der Waals surface area contributed by atoms with Gasteiger partial charge in [-0.1, -0.05) is 6.92 Å². The second-order valence-electron chi connectivity index (χ2n) is 8.92. The zero-order chi connectivity index (χ0) is 14.8. The highest BCUT2D eigenvalue weighted by Crippen LogP contribution is 2.37. The molecule has 4 rings (SSSR count). The normalized spacial score (nSPS) is 38.6. The molecule has 4 aliphatic rings. The molecule has 21 heavy (non-hydrogen) atoms. The maximum absolute atomic E-state index is 2.51. The fourth-order valence-electron chi connectivity index (χ4n) is 5.58. The summed E-state index contributed by atoms with van der Waals surface area (Å²) in [6.07, 6.45) is 11.9. The Bertz CT molecular complexity index is 324. The standard InChI is InChI=1S/C19H38N2/c1-18-17-21(15-9-19(18)10-16-21)14-8-4-7-13-20(2)11-5-3-6-12-20/h18-19H,3-17H2,1-2H3/q+2. The third-order valence-corrected chi connectivity index (χ3v) is 7.15. The summed E-state index contributed by atoms with van der Waals surface area (Å²) >= 11 is 0. The average molecular weight is 295 g/mol. The van der Waals surface area contributed by atoms with Crippen LogP contribution >= 0.6 is 0 Å². The van der Waals surface area contributed by atoms with E-state index in [-0.39, 0.29) is 0 Å². The van der Waals surface area contributed by atoms with E-state index in [0.29, 0.717) is 0 Å². The van der Waals surface area contributed by atoms with Gasteiger partial charge in [0.15, 0.2) is 0 Å². The van der Waals surface area contributed by atoms with Gasteiger partial charge in [-0.15, -0.1) is 0 Å². The monoisotopic (exact) mass is 294 g/mol. The zero-order valence-electron chi connectivity index (χ0n) is 14.7. The third kappa shape index (κ3) is 3.82. The van der Waals surface area contributed by atoms with Gasteiger partial charge in [0, 0.05) is 18.8 Å². The van der Waals surface area contributed by atoms with Crippen molar-refractivity contribution in [2.45, 2.75) is 58.3 Å². The van der Waals surface area contributed by atoms with E-state index in [2.05, 4.69) is 14.0 Å². The Hall–Kier alpha value is -0.0800. The molecular formula is C19H38N2+2. The first-order chi connectivity index (χ1) is 10.1. The van der Waals surface area contributed by atoms with Crippen molar-refractivity contribution in [2.75, 3.05) is 52.9 Å². The fourth-order valence-corrected chi connectivity index (χ4v) is 5.58. The number of likely N-dealkylation sites (tertiary alicyclic amines) is 1. The molecule has 122 valence electrons. The first kappa shape index (κ1) is 15.8. The van der Waals surface area contributed by atoms with Crippen LogP contribution in [0.3, 0.4) is 0 Å². The van der Waals surface area contributed by atoms with Crippen LogP contribution in [-0.2, 0) is 0 Å². The van der Waals surface area contributed by atoms with Gasteiger partial charge in [-0.05, 0) is 44.4 Å². The van der Waals surface area contributed by atoms with E-state index in [0.717, 1.165) is 11.8 Å². The van der Waals surface area contributed by atoms with Gasteiger partial charge < -0.3 is 8.97 Å². The lowest BCUT2D eigenvalue weighted by atomic mass is 9.78. The molecule has 0 aromatic carbocycles. The lowest BCUT2D eigenvalue weighted by Gasteiger charge is -2.52. The molecule has 0 saturated carbocycles. The Labute approximate surface area is 132 Å². The minimum absolute atomic E-state index is 1.00. The van der Waals surface area contributed by atoms with E-state index < -0.39 is 0 Å². The van der Waals surface area contributed by atoms with Gasteiger partial charge >= 0.3 is 0 Å². The summed E-state index contributed by atoms with van der Waals surface area (Å²) in [6, 6.07) is 0. The van der Waals surface area contributed by atoms with Gasteiger partial charge in [-0.2, -0.15) is 0 Å². The Balaban J connectivity index is 1.34. The number of nitrogens with zero attached hydrogens (tertiary/aromatic N) is 2. The van der Waals surface area contributed by atoms with E-state index in [1.807, 2.05) is 0 Å². The molecule has 4 heterocycles. The SMILES string of the molecule is CC1C[N+]2(CCCCC[N+]3(C)CCCCC3)CCC1CC2. The molecule has 4 aliphatic heterocycles. The number of fused-ring (bicyclic) bond motifs is 3. The molecule has 0 N–H and O–H groups in total. The summed E-state index contributed by atoms with van der Waals surface area (Å²) in [4.78, 5) is 0. The summed E-state index contributed by atoms with van der Waals surface area (Å²) in [7, 11) is 2.50. The topological polar surface area (TPSA) is 0 Å². The van der Waals surface area contributed by atoms with Crippen LogP contribution in [-0.4, -0.2) is 61.8 Å². The number of quaternary nitrogens is 2. The first-order valence-corrected chi connectivity index (χ1v) is 9.80. The molecule has 2 nitrogen and oxygen atoms in total. The third-order valence-electron chi connectivity index (χ3n) is 7.15. The van der Waals surface area contributed by atoms with Crippen LogP contribution in [0.4, 0.5) is 0 Å². The van der Waals surface area contributed by atoms with Crippen molar-refractivity contribution >= 4 is 0 Å². The molecule has 0 aromatic rings. The van der Waals surface area contributed by atoms with Crippen LogP contribution in [0.25, 0.3) is 0 Å². The molecule has 1 unspecified atom stereocenters. The molecule has 2 bridgehead atoms. The number of hydrogen-bond donors (Lipinski definition) is 0. The molecule has 4 fully saturated rings. The summed E-state index contributed by atoms with van der Waals surface area (Å²) in [5.74, 6) is 2.08. The van der Waals surface area contributed by atoms with Crippen LogP contribution in [0.15, 0.2) is 0 Å². The smallest absolute Gasteiger partial charge is 0.0815 e.